The molecule has 9 heteroatoms. The van der Waals surface area contributed by atoms with Gasteiger partial charge in [0.25, 0.3) is 0 Å². The van der Waals surface area contributed by atoms with E-state index in [0.717, 1.165) is 10.6 Å². The summed E-state index contributed by atoms with van der Waals surface area (Å²) in [5.41, 5.74) is 0.707. The van der Waals surface area contributed by atoms with Gasteiger partial charge in [0.15, 0.2) is 0 Å². The molecule has 0 spiro atoms. The molecule has 2 aromatic rings. The van der Waals surface area contributed by atoms with Crippen LogP contribution in [0.3, 0.4) is 0 Å². The first kappa shape index (κ1) is 21.8. The Labute approximate surface area is 170 Å². The Kier molecular flexibility index (Phi) is 7.15. The number of sulfonamides is 1. The highest BCUT2D eigenvalue weighted by molar-refractivity contribution is 7.92. The van der Waals surface area contributed by atoms with E-state index in [1.807, 2.05) is 6.92 Å². The normalized spacial score (nSPS) is 12.2. The van der Waals surface area contributed by atoms with E-state index < -0.39 is 22.0 Å². The van der Waals surface area contributed by atoms with Crippen LogP contribution in [0.5, 0.6) is 11.5 Å². The van der Waals surface area contributed by atoms with Gasteiger partial charge in [0.1, 0.15) is 17.5 Å². The van der Waals surface area contributed by atoms with E-state index in [9.17, 15) is 13.2 Å². The van der Waals surface area contributed by atoms with Crippen LogP contribution in [-0.4, -0.2) is 40.3 Å². The Balaban J connectivity index is 2.31. The predicted octanol–water partition coefficient (Wildman–Crippen LogP) is 3.54. The van der Waals surface area contributed by atoms with Crippen LogP contribution < -0.4 is 19.1 Å². The molecule has 0 unspecified atom stereocenters. The molecule has 28 heavy (non-hydrogen) atoms. The molecule has 7 nitrogen and oxygen atoms in total. The van der Waals surface area contributed by atoms with Gasteiger partial charge in [-0.05, 0) is 56.3 Å². The maximum Gasteiger partial charge on any atom is 0.248 e. The lowest BCUT2D eigenvalue weighted by Crippen LogP contribution is -2.45. The molecule has 1 atom stereocenters. The lowest BCUT2D eigenvalue weighted by molar-refractivity contribution is -0.116. The second-order valence-electron chi connectivity index (χ2n) is 6.00. The van der Waals surface area contributed by atoms with Gasteiger partial charge >= 0.3 is 0 Å². The zero-order chi connectivity index (χ0) is 20.9. The fourth-order valence-corrected chi connectivity index (χ4v) is 4.03. The van der Waals surface area contributed by atoms with E-state index in [1.54, 1.807) is 36.4 Å². The van der Waals surface area contributed by atoms with E-state index >= 15 is 0 Å². The molecule has 0 aromatic heterocycles. The van der Waals surface area contributed by atoms with Crippen LogP contribution in [-0.2, 0) is 14.8 Å². The van der Waals surface area contributed by atoms with Crippen molar-refractivity contribution in [2.24, 2.45) is 0 Å². The van der Waals surface area contributed by atoms with Gasteiger partial charge in [-0.2, -0.15) is 0 Å². The van der Waals surface area contributed by atoms with E-state index in [2.05, 4.69) is 5.32 Å². The molecule has 2 aromatic carbocycles. The summed E-state index contributed by atoms with van der Waals surface area (Å²) in [6.07, 6.45) is 1.05. The Morgan fingerprint density at radius 1 is 1.21 bits per heavy atom. The minimum absolute atomic E-state index is 0.353. The van der Waals surface area contributed by atoms with Crippen molar-refractivity contribution >= 4 is 38.9 Å². The Hall–Kier alpha value is -2.45. The van der Waals surface area contributed by atoms with Crippen LogP contribution in [0.4, 0.5) is 11.4 Å². The number of hydrogen-bond acceptors (Lipinski definition) is 5. The first-order valence-corrected chi connectivity index (χ1v) is 10.8. The Morgan fingerprint density at radius 2 is 1.86 bits per heavy atom. The maximum atomic E-state index is 12.8. The third kappa shape index (κ3) is 5.30. The molecular formula is C19H23ClN2O5S. The third-order valence-corrected chi connectivity index (χ3v) is 5.39. The van der Waals surface area contributed by atoms with Crippen molar-refractivity contribution in [2.75, 3.05) is 29.6 Å². The number of rotatable bonds is 8. The zero-order valence-electron chi connectivity index (χ0n) is 16.1. The van der Waals surface area contributed by atoms with Crippen molar-refractivity contribution in [3.63, 3.8) is 0 Å². The fraction of sp³-hybridized carbons (Fsp3) is 0.316. The summed E-state index contributed by atoms with van der Waals surface area (Å²) in [6.45, 7) is 3.85. The molecule has 0 aliphatic rings. The van der Waals surface area contributed by atoms with Gasteiger partial charge in [-0.25, -0.2) is 8.42 Å². The molecule has 2 rings (SSSR count). The van der Waals surface area contributed by atoms with E-state index in [0.29, 0.717) is 34.5 Å². The summed E-state index contributed by atoms with van der Waals surface area (Å²) in [5, 5.41) is 3.09. The Morgan fingerprint density at radius 3 is 2.39 bits per heavy atom. The maximum absolute atomic E-state index is 12.8. The molecule has 0 saturated heterocycles. The standard InChI is InChI=1S/C19H23ClN2O5S/c1-5-27-16-9-7-15(8-10-16)22(28(4,24)25)13(2)19(23)21-17-12-14(20)6-11-18(17)26-3/h6-13H,5H2,1-4H3,(H,21,23)/t13-/m0/s1. The number of nitrogens with zero attached hydrogens (tertiary/aromatic N) is 1. The number of carbonyl (C=O) groups excluding carboxylic acids is 1. The second kappa shape index (κ2) is 9.16. The summed E-state index contributed by atoms with van der Waals surface area (Å²) in [6, 6.07) is 10.3. The number of amides is 1. The Bertz CT molecular complexity index is 932. The number of halogens is 1. The number of anilines is 2. The lowest BCUT2D eigenvalue weighted by atomic mass is 10.2. The monoisotopic (exact) mass is 426 g/mol. The highest BCUT2D eigenvalue weighted by atomic mass is 35.5. The molecule has 152 valence electrons. The molecule has 0 bridgehead atoms. The molecule has 1 amide bonds. The average Bonchev–Trinajstić information content (AvgIpc) is 2.62. The van der Waals surface area contributed by atoms with Crippen molar-refractivity contribution in [2.45, 2.75) is 19.9 Å². The van der Waals surface area contributed by atoms with Gasteiger partial charge in [-0.1, -0.05) is 11.6 Å². The van der Waals surface area contributed by atoms with Crippen LogP contribution >= 0.6 is 11.6 Å². The van der Waals surface area contributed by atoms with Gasteiger partial charge in [0.05, 0.1) is 31.3 Å². The smallest absolute Gasteiger partial charge is 0.248 e. The zero-order valence-corrected chi connectivity index (χ0v) is 17.7. The van der Waals surface area contributed by atoms with Crippen LogP contribution in [0.15, 0.2) is 42.5 Å². The minimum Gasteiger partial charge on any atom is -0.495 e. The van der Waals surface area contributed by atoms with E-state index in [4.69, 9.17) is 21.1 Å². The lowest BCUT2D eigenvalue weighted by Gasteiger charge is -2.28. The van der Waals surface area contributed by atoms with Crippen molar-refractivity contribution in [3.8, 4) is 11.5 Å². The van der Waals surface area contributed by atoms with Gasteiger partial charge in [-0.15, -0.1) is 0 Å². The summed E-state index contributed by atoms with van der Waals surface area (Å²) >= 11 is 5.98. The number of nitrogens with one attached hydrogen (secondary N) is 1. The number of ether oxygens (including phenoxy) is 2. The highest BCUT2D eigenvalue weighted by Crippen LogP contribution is 2.29. The quantitative estimate of drug-likeness (QED) is 0.697. The van der Waals surface area contributed by atoms with Crippen LogP contribution in [0.2, 0.25) is 5.02 Å². The third-order valence-electron chi connectivity index (χ3n) is 3.91. The number of hydrogen-bond donors (Lipinski definition) is 1. The summed E-state index contributed by atoms with van der Waals surface area (Å²) in [5.74, 6) is 0.497. The molecule has 0 heterocycles. The molecule has 0 fully saturated rings. The van der Waals surface area contributed by atoms with Gasteiger partial charge in [-0.3, -0.25) is 9.10 Å². The molecule has 0 aliphatic carbocycles. The van der Waals surface area contributed by atoms with Crippen LogP contribution in [0.25, 0.3) is 0 Å². The molecule has 0 saturated carbocycles. The predicted molar refractivity (Wildman–Crippen MR) is 111 cm³/mol. The van der Waals surface area contributed by atoms with Crippen LogP contribution in [0, 0.1) is 0 Å². The summed E-state index contributed by atoms with van der Waals surface area (Å²) in [4.78, 5) is 12.8. The largest absolute Gasteiger partial charge is 0.495 e. The first-order valence-electron chi connectivity index (χ1n) is 8.54. The average molecular weight is 427 g/mol. The van der Waals surface area contributed by atoms with Gasteiger partial charge in [0, 0.05) is 5.02 Å². The van der Waals surface area contributed by atoms with Crippen LogP contribution in [0.1, 0.15) is 13.8 Å². The number of benzene rings is 2. The van der Waals surface area contributed by atoms with Crippen molar-refractivity contribution in [1.29, 1.82) is 0 Å². The molecule has 0 radical (unpaired) electrons. The topological polar surface area (TPSA) is 84.9 Å². The van der Waals surface area contributed by atoms with Gasteiger partial charge in [0.2, 0.25) is 15.9 Å². The molecule has 0 aliphatic heterocycles. The van der Waals surface area contributed by atoms with Crippen molar-refractivity contribution < 1.29 is 22.7 Å². The van der Waals surface area contributed by atoms with E-state index in [1.165, 1.54) is 20.1 Å². The van der Waals surface area contributed by atoms with Crippen molar-refractivity contribution in [1.82, 2.24) is 0 Å². The first-order chi connectivity index (χ1) is 13.2. The van der Waals surface area contributed by atoms with Gasteiger partial charge < -0.3 is 14.8 Å². The number of carbonyl (C=O) groups is 1. The molecule has 1 N–H and O–H groups in total. The minimum atomic E-state index is -3.73. The summed E-state index contributed by atoms with van der Waals surface area (Å²) in [7, 11) is -2.27. The van der Waals surface area contributed by atoms with E-state index in [-0.39, 0.29) is 0 Å². The summed E-state index contributed by atoms with van der Waals surface area (Å²) < 4.78 is 36.4. The molecular weight excluding hydrogens is 404 g/mol. The second-order valence-corrected chi connectivity index (χ2v) is 8.29. The van der Waals surface area contributed by atoms with Crippen molar-refractivity contribution in [3.05, 3.63) is 47.5 Å². The fourth-order valence-electron chi connectivity index (χ4n) is 2.68. The highest BCUT2D eigenvalue weighted by Gasteiger charge is 2.29. The number of methoxy groups -OCH3 is 1. The SMILES string of the molecule is CCOc1ccc(N([C@@H](C)C(=O)Nc2cc(Cl)ccc2OC)S(C)(=O)=O)cc1.